The van der Waals surface area contributed by atoms with Crippen LogP contribution in [0.3, 0.4) is 0 Å². The highest BCUT2D eigenvalue weighted by Gasteiger charge is 2.15. The van der Waals surface area contributed by atoms with E-state index in [1.807, 2.05) is 38.1 Å². The molecule has 0 aliphatic heterocycles. The highest BCUT2D eigenvalue weighted by atomic mass is 35.5. The van der Waals surface area contributed by atoms with Gasteiger partial charge in [0.2, 0.25) is 11.1 Å². The smallest absolute Gasteiger partial charge is 0.234 e. The zero-order valence-corrected chi connectivity index (χ0v) is 16.6. The number of ether oxygens (including phenoxy) is 1. The minimum atomic E-state index is -0.170. The number of nitrogens with one attached hydrogen (secondary N) is 1. The topological polar surface area (TPSA) is 81.9 Å². The molecule has 0 unspecified atom stereocenters. The Bertz CT molecular complexity index is 976. The lowest BCUT2D eigenvalue weighted by Crippen LogP contribution is -2.15. The van der Waals surface area contributed by atoms with Gasteiger partial charge in [-0.25, -0.2) is 0 Å². The fourth-order valence-electron chi connectivity index (χ4n) is 2.44. The van der Waals surface area contributed by atoms with Crippen LogP contribution in [0.2, 0.25) is 5.02 Å². The van der Waals surface area contributed by atoms with Gasteiger partial charge in [0.05, 0.1) is 12.9 Å². The van der Waals surface area contributed by atoms with Gasteiger partial charge in [0.15, 0.2) is 0 Å². The van der Waals surface area contributed by atoms with Crippen molar-refractivity contribution in [3.63, 3.8) is 0 Å². The van der Waals surface area contributed by atoms with Crippen molar-refractivity contribution in [2.24, 2.45) is 0 Å². The molecule has 3 rings (SSSR count). The van der Waals surface area contributed by atoms with Crippen LogP contribution in [-0.4, -0.2) is 39.0 Å². The van der Waals surface area contributed by atoms with Crippen LogP contribution in [-0.2, 0) is 4.79 Å². The fraction of sp³-hybridized carbons (Fsp3) is 0.222. The van der Waals surface area contributed by atoms with Gasteiger partial charge in [-0.05, 0) is 59.7 Å². The van der Waals surface area contributed by atoms with E-state index in [0.29, 0.717) is 21.6 Å². The summed E-state index contributed by atoms with van der Waals surface area (Å²) in [5, 5.41) is 15.7. The van der Waals surface area contributed by atoms with Gasteiger partial charge < -0.3 is 10.1 Å². The molecule has 3 aromatic rings. The number of halogens is 1. The largest absolute Gasteiger partial charge is 0.494 e. The van der Waals surface area contributed by atoms with E-state index in [1.54, 1.807) is 23.9 Å². The fourth-order valence-corrected chi connectivity index (χ4v) is 3.30. The summed E-state index contributed by atoms with van der Waals surface area (Å²) in [6, 6.07) is 11.1. The second-order valence-corrected chi connectivity index (χ2v) is 7.15. The number of rotatable bonds is 6. The summed E-state index contributed by atoms with van der Waals surface area (Å²) in [7, 11) is 1.59. The standard InChI is InChI=1S/C18H18ClN5O2S/c1-11-7-8-16(26-3)15(9-11)24-18(21-22-23-24)27-10-17(25)20-14-6-4-5-13(19)12(14)2/h4-9H,10H2,1-3H3,(H,20,25). The van der Waals surface area contributed by atoms with Crippen molar-refractivity contribution in [1.82, 2.24) is 20.2 Å². The third-order valence-electron chi connectivity index (χ3n) is 3.88. The van der Waals surface area contributed by atoms with Gasteiger partial charge in [-0.1, -0.05) is 35.5 Å². The molecule has 9 heteroatoms. The molecule has 1 N–H and O–H groups in total. The first-order chi connectivity index (χ1) is 13.0. The minimum Gasteiger partial charge on any atom is -0.494 e. The summed E-state index contributed by atoms with van der Waals surface area (Å²) in [5.41, 5.74) is 3.28. The Balaban J connectivity index is 1.73. The summed E-state index contributed by atoms with van der Waals surface area (Å²) in [6.45, 7) is 3.83. The number of tetrazole rings is 1. The Hall–Kier alpha value is -2.58. The molecule has 1 heterocycles. The number of aryl methyl sites for hydroxylation is 1. The molecule has 2 aromatic carbocycles. The molecule has 7 nitrogen and oxygen atoms in total. The molecular formula is C18H18ClN5O2S. The van der Waals surface area contributed by atoms with Crippen molar-refractivity contribution in [2.45, 2.75) is 19.0 Å². The van der Waals surface area contributed by atoms with E-state index in [0.717, 1.165) is 16.8 Å². The van der Waals surface area contributed by atoms with Gasteiger partial charge in [-0.2, -0.15) is 4.68 Å². The number of methoxy groups -OCH3 is 1. The third-order valence-corrected chi connectivity index (χ3v) is 5.21. The van der Waals surface area contributed by atoms with Crippen molar-refractivity contribution in [3.05, 3.63) is 52.5 Å². The van der Waals surface area contributed by atoms with Crippen LogP contribution < -0.4 is 10.1 Å². The number of thioether (sulfide) groups is 1. The number of amides is 1. The normalized spacial score (nSPS) is 10.7. The number of benzene rings is 2. The second kappa shape index (κ2) is 8.41. The summed E-state index contributed by atoms with van der Waals surface area (Å²) in [6.07, 6.45) is 0. The van der Waals surface area contributed by atoms with Crippen LogP contribution in [0, 0.1) is 13.8 Å². The summed E-state index contributed by atoms with van der Waals surface area (Å²) >= 11 is 7.32. The Morgan fingerprint density at radius 1 is 1.30 bits per heavy atom. The lowest BCUT2D eigenvalue weighted by molar-refractivity contribution is -0.113. The van der Waals surface area contributed by atoms with Gasteiger partial charge in [0.25, 0.3) is 0 Å². The zero-order chi connectivity index (χ0) is 19.4. The van der Waals surface area contributed by atoms with E-state index < -0.39 is 0 Å². The predicted molar refractivity (Wildman–Crippen MR) is 106 cm³/mol. The maximum absolute atomic E-state index is 12.3. The van der Waals surface area contributed by atoms with Gasteiger partial charge >= 0.3 is 0 Å². The second-order valence-electron chi connectivity index (χ2n) is 5.80. The Morgan fingerprint density at radius 3 is 2.89 bits per heavy atom. The molecule has 1 amide bonds. The molecule has 0 atom stereocenters. The molecule has 0 spiro atoms. The molecule has 27 heavy (non-hydrogen) atoms. The lowest BCUT2D eigenvalue weighted by Gasteiger charge is -2.11. The van der Waals surface area contributed by atoms with E-state index in [-0.39, 0.29) is 11.7 Å². The highest BCUT2D eigenvalue weighted by molar-refractivity contribution is 7.99. The van der Waals surface area contributed by atoms with Crippen molar-refractivity contribution in [1.29, 1.82) is 0 Å². The predicted octanol–water partition coefficient (Wildman–Crippen LogP) is 3.67. The molecule has 140 valence electrons. The van der Waals surface area contributed by atoms with Crippen molar-refractivity contribution < 1.29 is 9.53 Å². The van der Waals surface area contributed by atoms with Gasteiger partial charge in [-0.15, -0.1) is 5.10 Å². The van der Waals surface area contributed by atoms with E-state index in [9.17, 15) is 4.79 Å². The number of nitrogens with zero attached hydrogens (tertiary/aromatic N) is 4. The van der Waals surface area contributed by atoms with Crippen LogP contribution in [0.25, 0.3) is 5.69 Å². The van der Waals surface area contributed by atoms with E-state index in [2.05, 4.69) is 20.8 Å². The molecule has 0 radical (unpaired) electrons. The van der Waals surface area contributed by atoms with Crippen LogP contribution >= 0.6 is 23.4 Å². The summed E-state index contributed by atoms with van der Waals surface area (Å²) in [5.74, 6) is 0.630. The van der Waals surface area contributed by atoms with Crippen molar-refractivity contribution in [2.75, 3.05) is 18.2 Å². The first kappa shape index (κ1) is 19.2. The SMILES string of the molecule is COc1ccc(C)cc1-n1nnnc1SCC(=O)Nc1cccc(Cl)c1C. The average Bonchev–Trinajstić information content (AvgIpc) is 3.12. The average molecular weight is 404 g/mol. The Kier molecular flexibility index (Phi) is 5.98. The maximum atomic E-state index is 12.3. The van der Waals surface area contributed by atoms with Gasteiger partial charge in [0.1, 0.15) is 11.4 Å². The van der Waals surface area contributed by atoms with Crippen LogP contribution in [0.5, 0.6) is 5.75 Å². The first-order valence-electron chi connectivity index (χ1n) is 8.10. The van der Waals surface area contributed by atoms with Gasteiger partial charge in [-0.3, -0.25) is 4.79 Å². The van der Waals surface area contributed by atoms with Crippen LogP contribution in [0.4, 0.5) is 5.69 Å². The number of carbonyl (C=O) groups is 1. The summed E-state index contributed by atoms with van der Waals surface area (Å²) < 4.78 is 6.95. The van der Waals surface area contributed by atoms with Crippen molar-refractivity contribution >= 4 is 35.0 Å². The quantitative estimate of drug-likeness (QED) is 0.632. The third kappa shape index (κ3) is 4.40. The highest BCUT2D eigenvalue weighted by Crippen LogP contribution is 2.27. The summed E-state index contributed by atoms with van der Waals surface area (Å²) in [4.78, 5) is 12.3. The molecule has 0 bridgehead atoms. The zero-order valence-electron chi connectivity index (χ0n) is 15.1. The van der Waals surface area contributed by atoms with Crippen LogP contribution in [0.15, 0.2) is 41.6 Å². The number of carbonyl (C=O) groups excluding carboxylic acids is 1. The monoisotopic (exact) mass is 403 g/mol. The maximum Gasteiger partial charge on any atom is 0.234 e. The molecule has 0 fully saturated rings. The number of hydrogen-bond donors (Lipinski definition) is 1. The van der Waals surface area contributed by atoms with E-state index >= 15 is 0 Å². The van der Waals surface area contributed by atoms with E-state index in [1.165, 1.54) is 11.8 Å². The Labute approximate surface area is 166 Å². The number of aromatic nitrogens is 4. The number of anilines is 1. The van der Waals surface area contributed by atoms with Crippen LogP contribution in [0.1, 0.15) is 11.1 Å². The first-order valence-corrected chi connectivity index (χ1v) is 9.47. The molecule has 1 aromatic heterocycles. The molecule has 0 aliphatic rings. The number of hydrogen-bond acceptors (Lipinski definition) is 6. The molecule has 0 saturated carbocycles. The molecule has 0 saturated heterocycles. The van der Waals surface area contributed by atoms with E-state index in [4.69, 9.17) is 16.3 Å². The van der Waals surface area contributed by atoms with Gasteiger partial charge in [0, 0.05) is 10.7 Å². The minimum absolute atomic E-state index is 0.153. The molecular weight excluding hydrogens is 386 g/mol. The Morgan fingerprint density at radius 2 is 2.11 bits per heavy atom. The van der Waals surface area contributed by atoms with Crippen molar-refractivity contribution in [3.8, 4) is 11.4 Å². The molecule has 0 aliphatic carbocycles. The lowest BCUT2D eigenvalue weighted by atomic mass is 10.2.